The lowest BCUT2D eigenvalue weighted by Gasteiger charge is -2.16. The van der Waals surface area contributed by atoms with Crippen LogP contribution in [0.4, 0.5) is 5.69 Å². The van der Waals surface area contributed by atoms with Crippen molar-refractivity contribution in [2.24, 2.45) is 4.99 Å². The fourth-order valence-electron chi connectivity index (χ4n) is 5.59. The lowest BCUT2D eigenvalue weighted by Crippen LogP contribution is -2.07. The molecule has 2 nitrogen and oxygen atoms in total. The standard InChI is InChI=1S/C41H38N2S.C3H8/c1-7-36(39-22-23-40(44-39)41(4,5)6)43-37-20-18-31(25-33(37)28(3)29-14-10-8-11-15-29)32-19-21-38-35(26-32)34(24-27(2)42-38)30-16-12-9-13-17-30;1-3-2/h8-26H,3,7H2,1-2,4-6H3;3H2,1-2H3. The van der Waals surface area contributed by atoms with Crippen molar-refractivity contribution in [2.75, 3.05) is 0 Å². The second-order valence-corrected chi connectivity index (χ2v) is 14.1. The van der Waals surface area contributed by atoms with Gasteiger partial charge in [0.15, 0.2) is 0 Å². The zero-order valence-electron chi connectivity index (χ0n) is 28.9. The monoisotopic (exact) mass is 634 g/mol. The van der Waals surface area contributed by atoms with Crippen LogP contribution < -0.4 is 0 Å². The van der Waals surface area contributed by atoms with E-state index in [1.165, 1.54) is 27.3 Å². The highest BCUT2D eigenvalue weighted by Crippen LogP contribution is 2.38. The van der Waals surface area contributed by atoms with Gasteiger partial charge in [0.05, 0.1) is 16.9 Å². The van der Waals surface area contributed by atoms with E-state index in [9.17, 15) is 0 Å². The number of pyridine rings is 1. The molecule has 6 rings (SSSR count). The first-order valence-corrected chi connectivity index (χ1v) is 17.5. The number of benzene rings is 4. The molecule has 0 aliphatic heterocycles. The molecule has 0 amide bonds. The van der Waals surface area contributed by atoms with Crippen LogP contribution in [0.1, 0.15) is 81.0 Å². The Balaban J connectivity index is 0.00000139. The summed E-state index contributed by atoms with van der Waals surface area (Å²) in [6.07, 6.45) is 2.10. The number of aryl methyl sites for hydroxylation is 1. The average molecular weight is 635 g/mol. The Kier molecular flexibility index (Phi) is 10.7. The maximum atomic E-state index is 5.29. The summed E-state index contributed by atoms with van der Waals surface area (Å²) in [5, 5.41) is 1.14. The number of hydrogen-bond acceptors (Lipinski definition) is 3. The van der Waals surface area contributed by atoms with Gasteiger partial charge in [0.2, 0.25) is 0 Å². The van der Waals surface area contributed by atoms with Crippen molar-refractivity contribution >= 4 is 39.2 Å². The van der Waals surface area contributed by atoms with Gasteiger partial charge in [0, 0.05) is 26.4 Å². The SMILES string of the molecule is C=C(c1ccccc1)c1cc(-c2ccc3nc(C)cc(-c4ccccc4)c3c2)ccc1N=C(CC)c1ccc(C(C)(C)C)s1.CCC. The molecule has 0 atom stereocenters. The summed E-state index contributed by atoms with van der Waals surface area (Å²) in [6.45, 7) is 19.9. The summed E-state index contributed by atoms with van der Waals surface area (Å²) >= 11 is 1.84. The smallest absolute Gasteiger partial charge is 0.0712 e. The summed E-state index contributed by atoms with van der Waals surface area (Å²) in [5.41, 5.74) is 11.9. The van der Waals surface area contributed by atoms with E-state index < -0.39 is 0 Å². The number of aromatic nitrogens is 1. The predicted molar refractivity (Wildman–Crippen MR) is 207 cm³/mol. The Bertz CT molecular complexity index is 2010. The van der Waals surface area contributed by atoms with Crippen molar-refractivity contribution in [3.05, 3.63) is 148 Å². The molecule has 47 heavy (non-hydrogen) atoms. The first-order valence-electron chi connectivity index (χ1n) is 16.7. The predicted octanol–water partition coefficient (Wildman–Crippen LogP) is 13.2. The van der Waals surface area contributed by atoms with E-state index >= 15 is 0 Å². The van der Waals surface area contributed by atoms with Crippen molar-refractivity contribution in [1.29, 1.82) is 0 Å². The lowest BCUT2D eigenvalue weighted by molar-refractivity contribution is 0.604. The molecule has 0 bridgehead atoms. The number of nitrogens with zero attached hydrogens (tertiary/aromatic N) is 2. The molecule has 2 aromatic heterocycles. The second kappa shape index (κ2) is 14.9. The van der Waals surface area contributed by atoms with E-state index in [0.29, 0.717) is 0 Å². The zero-order valence-corrected chi connectivity index (χ0v) is 29.7. The van der Waals surface area contributed by atoms with Crippen LogP contribution in [0.3, 0.4) is 0 Å². The van der Waals surface area contributed by atoms with Gasteiger partial charge in [-0.3, -0.25) is 9.98 Å². The van der Waals surface area contributed by atoms with Crippen molar-refractivity contribution in [3.63, 3.8) is 0 Å². The molecule has 0 saturated heterocycles. The molecule has 0 saturated carbocycles. The molecule has 3 heteroatoms. The van der Waals surface area contributed by atoms with E-state index in [1.54, 1.807) is 0 Å². The number of fused-ring (bicyclic) bond motifs is 1. The maximum absolute atomic E-state index is 5.29. The van der Waals surface area contributed by atoms with Crippen molar-refractivity contribution in [1.82, 2.24) is 4.98 Å². The molecule has 0 radical (unpaired) electrons. The second-order valence-electron chi connectivity index (χ2n) is 13.0. The average Bonchev–Trinajstić information content (AvgIpc) is 3.59. The molecule has 0 aliphatic rings. The van der Waals surface area contributed by atoms with Gasteiger partial charge >= 0.3 is 0 Å². The minimum atomic E-state index is 0.116. The summed E-state index contributed by atoms with van der Waals surface area (Å²) in [7, 11) is 0. The third-order valence-electron chi connectivity index (χ3n) is 8.02. The molecule has 6 aromatic rings. The first kappa shape index (κ1) is 33.8. The first-order chi connectivity index (χ1) is 22.6. The fraction of sp³-hybridized carbons (Fsp3) is 0.227. The maximum Gasteiger partial charge on any atom is 0.0712 e. The van der Waals surface area contributed by atoms with E-state index in [-0.39, 0.29) is 5.41 Å². The Morgan fingerprint density at radius 1 is 0.745 bits per heavy atom. The zero-order chi connectivity index (χ0) is 33.6. The van der Waals surface area contributed by atoms with Crippen LogP contribution in [0.5, 0.6) is 0 Å². The molecule has 238 valence electrons. The summed E-state index contributed by atoms with van der Waals surface area (Å²) in [6, 6.07) is 40.8. The minimum absolute atomic E-state index is 0.116. The van der Waals surface area contributed by atoms with E-state index in [1.807, 2.05) is 17.4 Å². The quantitative estimate of drug-likeness (QED) is 0.160. The number of rotatable bonds is 7. The highest BCUT2D eigenvalue weighted by atomic mass is 32.1. The van der Waals surface area contributed by atoms with Gasteiger partial charge in [-0.1, -0.05) is 127 Å². The molecule has 0 fully saturated rings. The molecule has 0 aliphatic carbocycles. The fourth-order valence-corrected chi connectivity index (χ4v) is 6.72. The largest absolute Gasteiger partial charge is 0.253 e. The molecular weight excluding hydrogens is 589 g/mol. The number of aliphatic imine (C=N–C) groups is 1. The van der Waals surface area contributed by atoms with Crippen LogP contribution in [-0.4, -0.2) is 10.7 Å². The van der Waals surface area contributed by atoms with Gasteiger partial charge in [-0.05, 0) is 94.6 Å². The van der Waals surface area contributed by atoms with Gasteiger partial charge in [-0.2, -0.15) is 0 Å². The minimum Gasteiger partial charge on any atom is -0.253 e. The van der Waals surface area contributed by atoms with Crippen molar-refractivity contribution in [2.45, 2.75) is 66.7 Å². The van der Waals surface area contributed by atoms with Gasteiger partial charge < -0.3 is 0 Å². The molecular formula is C44H46N2S. The van der Waals surface area contributed by atoms with Crippen LogP contribution >= 0.6 is 11.3 Å². The van der Waals surface area contributed by atoms with E-state index in [0.717, 1.165) is 62.2 Å². The van der Waals surface area contributed by atoms with Gasteiger partial charge in [-0.15, -0.1) is 11.3 Å². The Morgan fingerprint density at radius 2 is 1.38 bits per heavy atom. The molecule has 0 unspecified atom stereocenters. The lowest BCUT2D eigenvalue weighted by atomic mass is 9.92. The highest BCUT2D eigenvalue weighted by molar-refractivity contribution is 7.14. The normalized spacial score (nSPS) is 11.7. The molecule has 0 N–H and O–H groups in total. The van der Waals surface area contributed by atoms with E-state index in [4.69, 9.17) is 9.98 Å². The van der Waals surface area contributed by atoms with Gasteiger partial charge in [-0.25, -0.2) is 0 Å². The number of thiophene rings is 1. The molecule has 2 heterocycles. The number of hydrogen-bond donors (Lipinski definition) is 0. The van der Waals surface area contributed by atoms with Crippen molar-refractivity contribution < 1.29 is 0 Å². The summed E-state index contributed by atoms with van der Waals surface area (Å²) in [5.74, 6) is 0. The van der Waals surface area contributed by atoms with Crippen LogP contribution in [0.25, 0.3) is 38.7 Å². The van der Waals surface area contributed by atoms with Gasteiger partial charge in [0.25, 0.3) is 0 Å². The van der Waals surface area contributed by atoms with Crippen LogP contribution in [-0.2, 0) is 5.41 Å². The third-order valence-corrected chi connectivity index (χ3v) is 9.58. The Morgan fingerprint density at radius 3 is 2.02 bits per heavy atom. The van der Waals surface area contributed by atoms with Crippen LogP contribution in [0, 0.1) is 6.92 Å². The topological polar surface area (TPSA) is 25.2 Å². The highest BCUT2D eigenvalue weighted by Gasteiger charge is 2.18. The van der Waals surface area contributed by atoms with E-state index in [2.05, 4.69) is 164 Å². The molecule has 0 spiro atoms. The van der Waals surface area contributed by atoms with Crippen LogP contribution in [0.15, 0.2) is 127 Å². The molecule has 4 aromatic carbocycles. The third kappa shape index (κ3) is 7.86. The van der Waals surface area contributed by atoms with Crippen LogP contribution in [0.2, 0.25) is 0 Å². The Hall–Kier alpha value is -4.60. The summed E-state index contributed by atoms with van der Waals surface area (Å²) in [4.78, 5) is 12.7. The summed E-state index contributed by atoms with van der Waals surface area (Å²) < 4.78 is 0. The van der Waals surface area contributed by atoms with Gasteiger partial charge in [0.1, 0.15) is 0 Å². The van der Waals surface area contributed by atoms with Crippen molar-refractivity contribution in [3.8, 4) is 22.3 Å². The Labute approximate surface area is 285 Å².